The highest BCUT2D eigenvalue weighted by Crippen LogP contribution is 2.55. The number of carbonyl (C=O) groups excluding carboxylic acids is 1. The maximum absolute atomic E-state index is 13.1. The lowest BCUT2D eigenvalue weighted by Crippen LogP contribution is -2.32. The SMILES string of the molecule is O=C(CCCCCCC1CCOP(=O)(N(CCCl)CCCl)C1)NO. The third kappa shape index (κ3) is 8.03. The van der Waals surface area contributed by atoms with Crippen molar-refractivity contribution >= 4 is 36.6 Å². The predicted molar refractivity (Wildman–Crippen MR) is 97.2 cm³/mol. The number of nitrogens with one attached hydrogen (secondary N) is 1. The molecule has 0 spiro atoms. The van der Waals surface area contributed by atoms with E-state index in [1.54, 1.807) is 5.48 Å². The Morgan fingerprint density at radius 1 is 1.21 bits per heavy atom. The molecule has 1 saturated heterocycles. The number of hydroxylamine groups is 1. The van der Waals surface area contributed by atoms with Crippen LogP contribution in [-0.4, -0.2) is 53.4 Å². The van der Waals surface area contributed by atoms with E-state index in [0.29, 0.717) is 50.0 Å². The lowest BCUT2D eigenvalue weighted by atomic mass is 9.99. The normalized spacial score (nSPS) is 24.2. The molecular weight excluding hydrogens is 374 g/mol. The smallest absolute Gasteiger partial charge is 0.272 e. The molecular formula is C15H29Cl2N2O4P. The van der Waals surface area contributed by atoms with E-state index in [9.17, 15) is 9.36 Å². The van der Waals surface area contributed by atoms with Crippen molar-refractivity contribution in [2.75, 3.05) is 37.6 Å². The fourth-order valence-corrected chi connectivity index (χ4v) is 6.37. The Kier molecular flexibility index (Phi) is 11.6. The number of hydrogen-bond donors (Lipinski definition) is 2. The number of nitrogens with zero attached hydrogens (tertiary/aromatic N) is 1. The van der Waals surface area contributed by atoms with Crippen LogP contribution in [-0.2, 0) is 13.9 Å². The first kappa shape index (κ1) is 22.2. The Bertz CT molecular complexity index is 409. The van der Waals surface area contributed by atoms with Gasteiger partial charge in [-0.3, -0.25) is 14.6 Å². The molecule has 142 valence electrons. The average molecular weight is 403 g/mol. The standard InChI is InChI=1S/C15H29Cl2N2O4P/c16-8-10-19(11-9-17)24(22)13-14(7-12-23-24)5-3-1-2-4-6-15(20)18-21/h14,21H,1-13H2,(H,18,20). The van der Waals surface area contributed by atoms with Gasteiger partial charge in [-0.2, -0.15) is 0 Å². The van der Waals surface area contributed by atoms with Crippen LogP contribution in [0.1, 0.15) is 44.9 Å². The first-order valence-corrected chi connectivity index (χ1v) is 11.4. The molecule has 0 aromatic heterocycles. The first-order valence-electron chi connectivity index (χ1n) is 8.59. The zero-order valence-corrected chi connectivity index (χ0v) is 16.5. The van der Waals surface area contributed by atoms with Crippen LogP contribution < -0.4 is 5.48 Å². The zero-order chi connectivity index (χ0) is 17.8. The highest BCUT2D eigenvalue weighted by molar-refractivity contribution is 7.56. The van der Waals surface area contributed by atoms with Gasteiger partial charge in [0.2, 0.25) is 5.91 Å². The van der Waals surface area contributed by atoms with Gasteiger partial charge in [-0.05, 0) is 25.2 Å². The van der Waals surface area contributed by atoms with Gasteiger partial charge < -0.3 is 4.52 Å². The molecule has 0 aromatic rings. The molecule has 9 heteroatoms. The van der Waals surface area contributed by atoms with Gasteiger partial charge in [0.1, 0.15) is 0 Å². The third-order valence-electron chi connectivity index (χ3n) is 4.32. The van der Waals surface area contributed by atoms with Gasteiger partial charge in [0.15, 0.2) is 0 Å². The largest absolute Gasteiger partial charge is 0.317 e. The van der Waals surface area contributed by atoms with Crippen LogP contribution >= 0.6 is 30.7 Å². The minimum atomic E-state index is -2.81. The number of halogens is 2. The van der Waals surface area contributed by atoms with Crippen LogP contribution in [0.5, 0.6) is 0 Å². The van der Waals surface area contributed by atoms with Gasteiger partial charge in [-0.15, -0.1) is 23.2 Å². The third-order valence-corrected chi connectivity index (χ3v) is 7.48. The Labute approximate surface area is 154 Å². The van der Waals surface area contributed by atoms with Gasteiger partial charge in [0.05, 0.1) is 6.61 Å². The van der Waals surface area contributed by atoms with Gasteiger partial charge in [-0.25, -0.2) is 10.2 Å². The van der Waals surface area contributed by atoms with Gasteiger partial charge in [-0.1, -0.05) is 19.3 Å². The summed E-state index contributed by atoms with van der Waals surface area (Å²) in [7, 11) is -2.81. The summed E-state index contributed by atoms with van der Waals surface area (Å²) >= 11 is 11.6. The zero-order valence-electron chi connectivity index (χ0n) is 14.1. The Hall–Kier alpha value is 0.160. The summed E-state index contributed by atoms with van der Waals surface area (Å²) in [5.74, 6) is 0.893. The van der Waals surface area contributed by atoms with E-state index in [2.05, 4.69) is 0 Å². The first-order chi connectivity index (χ1) is 11.6. The van der Waals surface area contributed by atoms with Crippen LogP contribution in [0.2, 0.25) is 0 Å². The summed E-state index contributed by atoms with van der Waals surface area (Å²) in [4.78, 5) is 10.9. The number of unbranched alkanes of at least 4 members (excludes halogenated alkanes) is 3. The second-order valence-corrected chi connectivity index (χ2v) is 9.35. The molecule has 0 bridgehead atoms. The fraction of sp³-hybridized carbons (Fsp3) is 0.933. The van der Waals surface area contributed by atoms with Crippen LogP contribution in [0.4, 0.5) is 0 Å². The molecule has 1 aliphatic rings. The van der Waals surface area contributed by atoms with Crippen LogP contribution in [0.3, 0.4) is 0 Å². The van der Waals surface area contributed by atoms with E-state index in [4.69, 9.17) is 32.9 Å². The number of carbonyl (C=O) groups is 1. The maximum Gasteiger partial charge on any atom is 0.272 e. The number of rotatable bonds is 12. The molecule has 0 aromatic carbocycles. The van der Waals surface area contributed by atoms with Crippen LogP contribution in [0.25, 0.3) is 0 Å². The average Bonchev–Trinajstić information content (AvgIpc) is 2.57. The van der Waals surface area contributed by atoms with Crippen molar-refractivity contribution in [1.29, 1.82) is 0 Å². The van der Waals surface area contributed by atoms with Crippen molar-refractivity contribution in [1.82, 2.24) is 10.2 Å². The fourth-order valence-electron chi connectivity index (χ4n) is 3.00. The molecule has 2 N–H and O–H groups in total. The summed E-state index contributed by atoms with van der Waals surface area (Å²) < 4.78 is 20.6. The molecule has 6 nitrogen and oxygen atoms in total. The minimum absolute atomic E-state index is 0.334. The molecule has 2 atom stereocenters. The van der Waals surface area contributed by atoms with Crippen molar-refractivity contribution < 1.29 is 19.1 Å². The number of alkyl halides is 2. The van der Waals surface area contributed by atoms with Crippen molar-refractivity contribution in [3.05, 3.63) is 0 Å². The van der Waals surface area contributed by atoms with E-state index in [-0.39, 0.29) is 5.91 Å². The molecule has 2 unspecified atom stereocenters. The minimum Gasteiger partial charge on any atom is -0.317 e. The predicted octanol–water partition coefficient (Wildman–Crippen LogP) is 3.84. The second-order valence-electron chi connectivity index (χ2n) is 6.13. The van der Waals surface area contributed by atoms with E-state index in [0.717, 1.165) is 38.5 Å². The summed E-state index contributed by atoms with van der Waals surface area (Å²) in [6.45, 7) is 1.59. The van der Waals surface area contributed by atoms with E-state index in [1.165, 1.54) is 0 Å². The topological polar surface area (TPSA) is 78.9 Å². The molecule has 0 saturated carbocycles. The van der Waals surface area contributed by atoms with E-state index < -0.39 is 7.52 Å². The molecule has 24 heavy (non-hydrogen) atoms. The van der Waals surface area contributed by atoms with Crippen molar-refractivity contribution in [2.45, 2.75) is 44.9 Å². The van der Waals surface area contributed by atoms with Crippen molar-refractivity contribution in [3.8, 4) is 0 Å². The Morgan fingerprint density at radius 2 is 1.88 bits per heavy atom. The van der Waals surface area contributed by atoms with Crippen LogP contribution in [0, 0.1) is 5.92 Å². The summed E-state index contributed by atoms with van der Waals surface area (Å²) in [5.41, 5.74) is 1.64. The lowest BCUT2D eigenvalue weighted by Gasteiger charge is -2.36. The van der Waals surface area contributed by atoms with Gasteiger partial charge in [0.25, 0.3) is 7.52 Å². The van der Waals surface area contributed by atoms with Gasteiger partial charge in [0, 0.05) is 37.4 Å². The summed E-state index contributed by atoms with van der Waals surface area (Å²) in [6, 6.07) is 0. The van der Waals surface area contributed by atoms with E-state index in [1.807, 2.05) is 4.67 Å². The highest BCUT2D eigenvalue weighted by Gasteiger charge is 2.37. The Morgan fingerprint density at radius 3 is 2.50 bits per heavy atom. The lowest BCUT2D eigenvalue weighted by molar-refractivity contribution is -0.129. The molecule has 1 fully saturated rings. The summed E-state index contributed by atoms with van der Waals surface area (Å²) in [6.07, 6.45) is 6.71. The van der Waals surface area contributed by atoms with Crippen molar-refractivity contribution in [3.63, 3.8) is 0 Å². The van der Waals surface area contributed by atoms with Gasteiger partial charge >= 0.3 is 0 Å². The maximum atomic E-state index is 13.1. The van der Waals surface area contributed by atoms with Crippen LogP contribution in [0.15, 0.2) is 0 Å². The molecule has 0 radical (unpaired) electrons. The molecule has 1 rings (SSSR count). The van der Waals surface area contributed by atoms with Crippen molar-refractivity contribution in [2.24, 2.45) is 5.92 Å². The highest BCUT2D eigenvalue weighted by atomic mass is 35.5. The Balaban J connectivity index is 2.31. The second kappa shape index (κ2) is 12.5. The number of amides is 1. The quantitative estimate of drug-likeness (QED) is 0.170. The summed E-state index contributed by atoms with van der Waals surface area (Å²) in [5, 5.41) is 8.42. The molecule has 1 heterocycles. The van der Waals surface area contributed by atoms with E-state index >= 15 is 0 Å². The monoisotopic (exact) mass is 402 g/mol. The molecule has 1 amide bonds. The molecule has 1 aliphatic heterocycles. The molecule has 0 aliphatic carbocycles. The number of hydrogen-bond acceptors (Lipinski definition) is 4.